The van der Waals surface area contributed by atoms with Crippen LogP contribution in [0.2, 0.25) is 0 Å². The molecule has 1 amide bonds. The first-order chi connectivity index (χ1) is 16.8. The van der Waals surface area contributed by atoms with Crippen LogP contribution in [0.3, 0.4) is 0 Å². The summed E-state index contributed by atoms with van der Waals surface area (Å²) in [5.74, 6) is -1.67. The number of non-ortho nitro benzene ring substituents is 2. The fourth-order valence-electron chi connectivity index (χ4n) is 3.73. The van der Waals surface area contributed by atoms with Gasteiger partial charge >= 0.3 is 5.97 Å². The highest BCUT2D eigenvalue weighted by molar-refractivity contribution is 5.99. The largest absolute Gasteiger partial charge is 0.443 e. The van der Waals surface area contributed by atoms with Gasteiger partial charge < -0.3 is 10.1 Å². The molecule has 2 aromatic rings. The van der Waals surface area contributed by atoms with Crippen molar-refractivity contribution in [2.45, 2.75) is 44.2 Å². The molecule has 11 heteroatoms. The minimum Gasteiger partial charge on any atom is -0.443 e. The molecule has 11 nitrogen and oxygen atoms in total. The number of benzene rings is 2. The highest BCUT2D eigenvalue weighted by atomic mass is 16.6. The van der Waals surface area contributed by atoms with Crippen LogP contribution in [0, 0.1) is 31.6 Å². The monoisotopic (exact) mass is 478 g/mol. The lowest BCUT2D eigenvalue weighted by molar-refractivity contribution is -0.385. The third kappa shape index (κ3) is 6.70. The van der Waals surface area contributed by atoms with Gasteiger partial charge in [-0.1, -0.05) is 19.3 Å². The number of hydrogen-bond acceptors (Lipinski definition) is 8. The number of hydrogen-bond donors (Lipinski definition) is 1. The summed E-state index contributed by atoms with van der Waals surface area (Å²) in [7, 11) is 0. The van der Waals surface area contributed by atoms with Crippen LogP contribution in [-0.2, 0) is 14.3 Å². The third-order valence-corrected chi connectivity index (χ3v) is 5.58. The van der Waals surface area contributed by atoms with Gasteiger partial charge in [0.2, 0.25) is 6.10 Å². The second-order valence-electron chi connectivity index (χ2n) is 8.00. The highest BCUT2D eigenvalue weighted by Gasteiger charge is 2.29. The van der Waals surface area contributed by atoms with Crippen LogP contribution in [0.1, 0.15) is 49.3 Å². The first kappa shape index (κ1) is 25.0. The van der Waals surface area contributed by atoms with E-state index in [9.17, 15) is 35.1 Å². The van der Waals surface area contributed by atoms with E-state index in [4.69, 9.17) is 4.74 Å². The Morgan fingerprint density at radius 3 is 2.03 bits per heavy atom. The van der Waals surface area contributed by atoms with Crippen LogP contribution in [0.15, 0.2) is 54.1 Å². The second-order valence-corrected chi connectivity index (χ2v) is 8.00. The van der Waals surface area contributed by atoms with Gasteiger partial charge in [-0.3, -0.25) is 25.0 Å². The minimum atomic E-state index is -1.43. The molecule has 1 unspecified atom stereocenters. The van der Waals surface area contributed by atoms with Crippen molar-refractivity contribution in [3.8, 4) is 6.07 Å². The summed E-state index contributed by atoms with van der Waals surface area (Å²) in [4.78, 5) is 46.5. The SMILES string of the molecule is N#C/C(=C\c1ccc([N+](=O)[O-])cc1)C(=O)OC(C(=O)NC1CCCCC1)c1ccc([N+](=O)[O-])cc1. The fourth-order valence-corrected chi connectivity index (χ4v) is 3.73. The molecular weight excluding hydrogens is 456 g/mol. The maximum atomic E-state index is 13.0. The highest BCUT2D eigenvalue weighted by Crippen LogP contribution is 2.25. The Kier molecular flexibility index (Phi) is 8.24. The van der Waals surface area contributed by atoms with E-state index >= 15 is 0 Å². The predicted molar refractivity (Wildman–Crippen MR) is 124 cm³/mol. The molecule has 0 saturated heterocycles. The second kappa shape index (κ2) is 11.5. The predicted octanol–water partition coefficient (Wildman–Crippen LogP) is 4.14. The number of nitrogens with one attached hydrogen (secondary N) is 1. The summed E-state index contributed by atoms with van der Waals surface area (Å²) >= 11 is 0. The van der Waals surface area contributed by atoms with E-state index in [1.54, 1.807) is 6.07 Å². The lowest BCUT2D eigenvalue weighted by atomic mass is 9.95. The van der Waals surface area contributed by atoms with Gasteiger partial charge in [-0.15, -0.1) is 0 Å². The molecular formula is C24H22N4O7. The first-order valence-corrected chi connectivity index (χ1v) is 10.9. The van der Waals surface area contributed by atoms with Gasteiger partial charge in [0.05, 0.1) is 9.85 Å². The van der Waals surface area contributed by atoms with Gasteiger partial charge in [-0.2, -0.15) is 5.26 Å². The number of ether oxygens (including phenoxy) is 1. The van der Waals surface area contributed by atoms with Crippen molar-refractivity contribution < 1.29 is 24.2 Å². The molecule has 1 atom stereocenters. The zero-order valence-corrected chi connectivity index (χ0v) is 18.6. The van der Waals surface area contributed by atoms with E-state index in [1.165, 1.54) is 54.6 Å². The number of amides is 1. The van der Waals surface area contributed by atoms with Crippen LogP contribution < -0.4 is 5.32 Å². The number of carbonyl (C=O) groups excluding carboxylic acids is 2. The average molecular weight is 478 g/mol. The first-order valence-electron chi connectivity index (χ1n) is 10.9. The van der Waals surface area contributed by atoms with Gasteiger partial charge in [0.1, 0.15) is 11.6 Å². The molecule has 0 spiro atoms. The summed E-state index contributed by atoms with van der Waals surface area (Å²) in [6, 6.07) is 11.9. The molecule has 2 aromatic carbocycles. The molecule has 1 aliphatic carbocycles. The number of rotatable bonds is 8. The zero-order chi connectivity index (χ0) is 25.4. The molecule has 1 N–H and O–H groups in total. The number of nitrogens with zero attached hydrogens (tertiary/aromatic N) is 3. The Labute approximate surface area is 200 Å². The van der Waals surface area contributed by atoms with E-state index in [0.29, 0.717) is 5.56 Å². The van der Waals surface area contributed by atoms with Crippen molar-refractivity contribution in [1.29, 1.82) is 5.26 Å². The lowest BCUT2D eigenvalue weighted by Crippen LogP contribution is -2.40. The minimum absolute atomic E-state index is 0.0819. The van der Waals surface area contributed by atoms with Gasteiger partial charge in [-0.25, -0.2) is 4.79 Å². The Hall–Kier alpha value is -4.59. The Balaban J connectivity index is 1.84. The number of nitriles is 1. The van der Waals surface area contributed by atoms with Gasteiger partial charge in [-0.05, 0) is 48.7 Å². The van der Waals surface area contributed by atoms with E-state index in [2.05, 4.69) is 5.32 Å². The summed E-state index contributed by atoms with van der Waals surface area (Å²) in [6.07, 6.45) is 4.34. The van der Waals surface area contributed by atoms with E-state index in [-0.39, 0.29) is 23.0 Å². The van der Waals surface area contributed by atoms with E-state index < -0.39 is 33.4 Å². The van der Waals surface area contributed by atoms with Gasteiger partial charge in [0.25, 0.3) is 17.3 Å². The molecule has 0 bridgehead atoms. The van der Waals surface area contributed by atoms with Crippen LogP contribution in [-0.4, -0.2) is 27.8 Å². The molecule has 0 aliphatic heterocycles. The van der Waals surface area contributed by atoms with Crippen LogP contribution >= 0.6 is 0 Å². The van der Waals surface area contributed by atoms with E-state index in [1.807, 2.05) is 0 Å². The van der Waals surface area contributed by atoms with Gasteiger partial charge in [0, 0.05) is 35.9 Å². The molecule has 1 saturated carbocycles. The molecule has 180 valence electrons. The number of carbonyl (C=O) groups is 2. The summed E-state index contributed by atoms with van der Waals surface area (Å²) in [5.41, 5.74) is -0.202. The topological polar surface area (TPSA) is 165 Å². The Morgan fingerprint density at radius 1 is 0.971 bits per heavy atom. The maximum Gasteiger partial charge on any atom is 0.350 e. The van der Waals surface area contributed by atoms with Crippen molar-refractivity contribution in [1.82, 2.24) is 5.32 Å². The van der Waals surface area contributed by atoms with Crippen molar-refractivity contribution >= 4 is 29.3 Å². The molecule has 0 heterocycles. The maximum absolute atomic E-state index is 13.0. The average Bonchev–Trinajstić information content (AvgIpc) is 2.86. The summed E-state index contributed by atoms with van der Waals surface area (Å²) < 4.78 is 5.41. The Morgan fingerprint density at radius 2 is 1.51 bits per heavy atom. The fraction of sp³-hybridized carbons (Fsp3) is 0.292. The van der Waals surface area contributed by atoms with Crippen molar-refractivity contribution in [3.05, 3.63) is 85.5 Å². The third-order valence-electron chi connectivity index (χ3n) is 5.58. The zero-order valence-electron chi connectivity index (χ0n) is 18.6. The lowest BCUT2D eigenvalue weighted by Gasteiger charge is -2.25. The van der Waals surface area contributed by atoms with Crippen LogP contribution in [0.25, 0.3) is 6.08 Å². The van der Waals surface area contributed by atoms with Crippen LogP contribution in [0.4, 0.5) is 11.4 Å². The molecule has 3 rings (SSSR count). The molecule has 35 heavy (non-hydrogen) atoms. The molecule has 0 aromatic heterocycles. The van der Waals surface area contributed by atoms with Crippen molar-refractivity contribution in [2.75, 3.05) is 0 Å². The van der Waals surface area contributed by atoms with Gasteiger partial charge in [0.15, 0.2) is 0 Å². The molecule has 1 aliphatic rings. The van der Waals surface area contributed by atoms with E-state index in [0.717, 1.165) is 32.1 Å². The standard InChI is InChI=1S/C24H22N4O7/c25-15-18(14-16-6-10-20(11-7-16)27(31)32)24(30)35-22(17-8-12-21(13-9-17)28(33)34)23(29)26-19-4-2-1-3-5-19/h6-14,19,22H,1-5H2,(H,26,29)/b18-14+. The van der Waals surface area contributed by atoms with Crippen molar-refractivity contribution in [2.24, 2.45) is 0 Å². The molecule has 1 fully saturated rings. The summed E-state index contributed by atoms with van der Waals surface area (Å²) in [6.45, 7) is 0. The molecule has 0 radical (unpaired) electrons. The quantitative estimate of drug-likeness (QED) is 0.194. The Bertz CT molecular complexity index is 1180. The number of nitro benzene ring substituents is 2. The van der Waals surface area contributed by atoms with Crippen LogP contribution in [0.5, 0.6) is 0 Å². The summed E-state index contributed by atoms with van der Waals surface area (Å²) in [5, 5.41) is 34.1. The van der Waals surface area contributed by atoms with Crippen molar-refractivity contribution in [3.63, 3.8) is 0 Å². The number of nitro groups is 2. The normalized spacial score (nSPS) is 14.9. The number of esters is 1. The smallest absolute Gasteiger partial charge is 0.350 e.